The van der Waals surface area contributed by atoms with Crippen molar-refractivity contribution in [2.24, 2.45) is 0 Å². The molecule has 3 aliphatic rings. The van der Waals surface area contributed by atoms with Gasteiger partial charge in [0.25, 0.3) is 0 Å². The van der Waals surface area contributed by atoms with Crippen LogP contribution in [0.25, 0.3) is 6.08 Å². The fourth-order valence-corrected chi connectivity index (χ4v) is 5.08. The Hall–Kier alpha value is -3.71. The third-order valence-corrected chi connectivity index (χ3v) is 7.54. The van der Waals surface area contributed by atoms with Gasteiger partial charge in [-0.2, -0.15) is 0 Å². The number of aliphatic hydroxyl groups is 7. The van der Waals surface area contributed by atoms with Crippen LogP contribution in [-0.2, 0) is 23.7 Å². The third kappa shape index (κ3) is 6.79. The quantitative estimate of drug-likeness (QED) is 0.144. The van der Waals surface area contributed by atoms with Gasteiger partial charge in [0.15, 0.2) is 6.10 Å². The molecule has 0 aliphatic carbocycles. The van der Waals surface area contributed by atoms with E-state index in [2.05, 4.69) is 0 Å². The summed E-state index contributed by atoms with van der Waals surface area (Å²) in [6.07, 6.45) is -15.9. The molecule has 5 rings (SSSR count). The predicted molar refractivity (Wildman–Crippen MR) is 146 cm³/mol. The molecule has 16 heteroatoms. The van der Waals surface area contributed by atoms with E-state index in [1.165, 1.54) is 36.4 Å². The summed E-state index contributed by atoms with van der Waals surface area (Å²) in [7, 11) is 0. The smallest absolute Gasteiger partial charge is 0.302 e. The number of esters is 1. The molecule has 0 bridgehead atoms. The first-order chi connectivity index (χ1) is 21.4. The van der Waals surface area contributed by atoms with Crippen molar-refractivity contribution in [3.05, 3.63) is 53.3 Å². The van der Waals surface area contributed by atoms with Gasteiger partial charge in [0.1, 0.15) is 84.2 Å². The maximum Gasteiger partial charge on any atom is 0.302 e. The molecule has 2 fully saturated rings. The summed E-state index contributed by atoms with van der Waals surface area (Å²) in [6.45, 7) is -0.0306. The van der Waals surface area contributed by atoms with E-state index < -0.39 is 86.7 Å². The second kappa shape index (κ2) is 13.3. The molecule has 0 saturated carbocycles. The van der Waals surface area contributed by atoms with Crippen molar-refractivity contribution in [2.45, 2.75) is 74.4 Å². The lowest BCUT2D eigenvalue weighted by Gasteiger charge is -2.41. The van der Waals surface area contributed by atoms with E-state index in [9.17, 15) is 50.8 Å². The molecular weight excluding hydrogens is 604 g/mol. The van der Waals surface area contributed by atoms with Crippen LogP contribution in [0, 0.1) is 0 Å². The van der Waals surface area contributed by atoms with Crippen molar-refractivity contribution in [2.75, 3.05) is 13.2 Å². The van der Waals surface area contributed by atoms with Crippen LogP contribution in [-0.4, -0.2) is 127 Å². The number of ether oxygens (including phenoxy) is 6. The van der Waals surface area contributed by atoms with Crippen molar-refractivity contribution < 1.29 is 79.2 Å². The number of phenols is 2. The highest BCUT2D eigenvalue weighted by Crippen LogP contribution is 2.45. The average molecular weight is 639 g/mol. The Morgan fingerprint density at radius 1 is 0.778 bits per heavy atom. The van der Waals surface area contributed by atoms with Gasteiger partial charge in [0, 0.05) is 24.6 Å². The summed E-state index contributed by atoms with van der Waals surface area (Å²) < 4.78 is 33.9. The van der Waals surface area contributed by atoms with E-state index in [-0.39, 0.29) is 34.3 Å². The van der Waals surface area contributed by atoms with Crippen molar-refractivity contribution in [3.63, 3.8) is 0 Å². The molecule has 3 heterocycles. The van der Waals surface area contributed by atoms with Crippen LogP contribution in [0.3, 0.4) is 0 Å². The Labute approximate surface area is 255 Å². The molecular formula is C29H34O16. The molecule has 16 nitrogen and oxygen atoms in total. The highest BCUT2D eigenvalue weighted by Gasteiger charge is 2.47. The third-order valence-electron chi connectivity index (χ3n) is 7.54. The molecule has 45 heavy (non-hydrogen) atoms. The largest absolute Gasteiger partial charge is 0.508 e. The van der Waals surface area contributed by atoms with Gasteiger partial charge in [-0.15, -0.1) is 0 Å². The summed E-state index contributed by atoms with van der Waals surface area (Å²) in [4.78, 5) is 11.3. The highest BCUT2D eigenvalue weighted by atomic mass is 16.7. The first-order valence-corrected chi connectivity index (χ1v) is 13.9. The van der Waals surface area contributed by atoms with Crippen LogP contribution in [0.4, 0.5) is 0 Å². The average Bonchev–Trinajstić information content (AvgIpc) is 3.01. The monoisotopic (exact) mass is 638 g/mol. The number of benzene rings is 2. The number of aromatic hydroxyl groups is 2. The Balaban J connectivity index is 1.51. The molecule has 0 radical (unpaired) electrons. The summed E-state index contributed by atoms with van der Waals surface area (Å²) in [5.41, 5.74) is 0.531. The van der Waals surface area contributed by atoms with Crippen LogP contribution in [0.5, 0.6) is 23.0 Å². The van der Waals surface area contributed by atoms with Crippen LogP contribution < -0.4 is 9.47 Å². The molecule has 9 N–H and O–H groups in total. The zero-order valence-electron chi connectivity index (χ0n) is 23.7. The molecule has 0 spiro atoms. The minimum Gasteiger partial charge on any atom is -0.508 e. The standard InChI is InChI=1S/C29H34O16/c1-11(31)40-10-20-22(35)24(37)26(39)29(45-20)43-18-8-15-16(41-27(18)12-2-4-13(32)5-3-12)6-14(33)7-17(15)42-28-25(38)23(36)21(34)19(9-30)44-28/h2-8,19-30,32-39H,9-10H2,1H3. The van der Waals surface area contributed by atoms with Gasteiger partial charge < -0.3 is 74.4 Å². The zero-order valence-corrected chi connectivity index (χ0v) is 23.7. The van der Waals surface area contributed by atoms with E-state index >= 15 is 0 Å². The number of aliphatic hydroxyl groups excluding tert-OH is 7. The molecule has 2 aromatic carbocycles. The summed E-state index contributed by atoms with van der Waals surface area (Å²) in [5.74, 6) is -1.25. The summed E-state index contributed by atoms with van der Waals surface area (Å²) in [5, 5.41) is 92.2. The number of carbonyl (C=O) groups is 1. The predicted octanol–water partition coefficient (Wildman–Crippen LogP) is -1.86. The van der Waals surface area contributed by atoms with Crippen molar-refractivity contribution >= 4 is 12.0 Å². The minimum absolute atomic E-state index is 0.0355. The summed E-state index contributed by atoms with van der Waals surface area (Å²) in [6, 6.07) is 8.16. The lowest BCUT2D eigenvalue weighted by Crippen LogP contribution is -2.60. The topological polar surface area (TPSA) is 255 Å². The first kappa shape index (κ1) is 32.7. The molecule has 2 aromatic rings. The van der Waals surface area contributed by atoms with Gasteiger partial charge in [0.2, 0.25) is 12.6 Å². The van der Waals surface area contributed by atoms with Gasteiger partial charge in [-0.3, -0.25) is 4.79 Å². The van der Waals surface area contributed by atoms with Crippen molar-refractivity contribution in [1.29, 1.82) is 0 Å². The van der Waals surface area contributed by atoms with Gasteiger partial charge in [-0.05, 0) is 18.2 Å². The zero-order chi connectivity index (χ0) is 32.6. The lowest BCUT2D eigenvalue weighted by atomic mass is 9.98. The van der Waals surface area contributed by atoms with Gasteiger partial charge in [-0.1, -0.05) is 12.1 Å². The van der Waals surface area contributed by atoms with E-state index in [0.717, 1.165) is 13.0 Å². The maximum absolute atomic E-state index is 11.3. The number of carbonyl (C=O) groups excluding carboxylic acids is 1. The van der Waals surface area contributed by atoms with Crippen molar-refractivity contribution in [3.8, 4) is 23.0 Å². The van der Waals surface area contributed by atoms with Gasteiger partial charge in [-0.25, -0.2) is 0 Å². The van der Waals surface area contributed by atoms with Crippen LogP contribution in [0.1, 0.15) is 24.2 Å². The first-order valence-electron chi connectivity index (χ1n) is 13.9. The number of fused-ring (bicyclic) bond motifs is 1. The highest BCUT2D eigenvalue weighted by molar-refractivity contribution is 5.70. The Morgan fingerprint density at radius 2 is 1.38 bits per heavy atom. The van der Waals surface area contributed by atoms with E-state index in [1.807, 2.05) is 0 Å². The van der Waals surface area contributed by atoms with Gasteiger partial charge >= 0.3 is 5.97 Å². The second-order valence-electron chi connectivity index (χ2n) is 10.7. The van der Waals surface area contributed by atoms with Crippen LogP contribution in [0.15, 0.2) is 42.2 Å². The summed E-state index contributed by atoms with van der Waals surface area (Å²) >= 11 is 0. The Morgan fingerprint density at radius 3 is 2.00 bits per heavy atom. The lowest BCUT2D eigenvalue weighted by molar-refractivity contribution is -0.294. The Kier molecular flexibility index (Phi) is 9.68. The molecule has 0 amide bonds. The van der Waals surface area contributed by atoms with E-state index in [0.29, 0.717) is 5.56 Å². The van der Waals surface area contributed by atoms with Crippen molar-refractivity contribution in [1.82, 2.24) is 0 Å². The Bertz CT molecular complexity index is 1380. The molecule has 2 saturated heterocycles. The molecule has 0 aromatic heterocycles. The molecule has 11 atom stereocenters. The fraction of sp³-hybridized carbons (Fsp3) is 0.483. The SMILES string of the molecule is CC(=O)OCC1OC(OC2=Cc3c(cc(O)cc3OC3OC(CO)C(O)C(O)C3O)OC2c2ccc(O)cc2)C(O)C(O)C1O. The fourth-order valence-electron chi connectivity index (χ4n) is 5.08. The molecule has 11 unspecified atom stereocenters. The van der Waals surface area contributed by atoms with Crippen LogP contribution >= 0.6 is 0 Å². The normalized spacial score (nSPS) is 34.6. The van der Waals surface area contributed by atoms with E-state index in [4.69, 9.17) is 28.4 Å². The van der Waals surface area contributed by atoms with Crippen LogP contribution in [0.2, 0.25) is 0 Å². The van der Waals surface area contributed by atoms with Gasteiger partial charge in [0.05, 0.1) is 12.2 Å². The second-order valence-corrected chi connectivity index (χ2v) is 10.7. The molecule has 3 aliphatic heterocycles. The number of hydrogen-bond donors (Lipinski definition) is 9. The minimum atomic E-state index is -1.79. The number of phenolic OH excluding ortho intramolecular Hbond substituents is 2. The molecule has 246 valence electrons. The van der Waals surface area contributed by atoms with E-state index in [1.54, 1.807) is 0 Å². The number of rotatable bonds is 8. The maximum atomic E-state index is 11.3. The number of hydrogen-bond acceptors (Lipinski definition) is 16.